The van der Waals surface area contributed by atoms with Crippen molar-refractivity contribution in [3.63, 3.8) is 0 Å². The van der Waals surface area contributed by atoms with Crippen LogP contribution in [0.1, 0.15) is 34.5 Å². The van der Waals surface area contributed by atoms with Gasteiger partial charge in [-0.1, -0.05) is 23.4 Å². The fourth-order valence-electron chi connectivity index (χ4n) is 2.29. The SMILES string of the molecule is C#CC[C@H](OC(=O)c1ccc(-c2noc(C(F)(F)F)n2)cc1)c1ccccn1. The zero-order valence-electron chi connectivity index (χ0n) is 14.2. The smallest absolute Gasteiger partial charge is 0.451 e. The number of benzene rings is 1. The predicted molar refractivity (Wildman–Crippen MR) is 90.6 cm³/mol. The number of hydrogen-bond donors (Lipinski definition) is 0. The summed E-state index contributed by atoms with van der Waals surface area (Å²) in [6.45, 7) is 0. The van der Waals surface area contributed by atoms with Gasteiger partial charge < -0.3 is 9.26 Å². The van der Waals surface area contributed by atoms with Gasteiger partial charge in [0.1, 0.15) is 0 Å². The second-order valence-corrected chi connectivity index (χ2v) is 5.56. The molecular weight excluding hydrogens is 375 g/mol. The quantitative estimate of drug-likeness (QED) is 0.485. The highest BCUT2D eigenvalue weighted by Gasteiger charge is 2.38. The molecule has 2 heterocycles. The Hall–Kier alpha value is -3.67. The van der Waals surface area contributed by atoms with Crippen LogP contribution in [0.4, 0.5) is 13.2 Å². The molecule has 0 aliphatic rings. The summed E-state index contributed by atoms with van der Waals surface area (Å²) >= 11 is 0. The van der Waals surface area contributed by atoms with Crippen molar-refractivity contribution in [2.45, 2.75) is 18.7 Å². The van der Waals surface area contributed by atoms with Gasteiger partial charge in [0.2, 0.25) is 5.82 Å². The fourth-order valence-corrected chi connectivity index (χ4v) is 2.29. The zero-order valence-corrected chi connectivity index (χ0v) is 14.2. The van der Waals surface area contributed by atoms with Crippen LogP contribution in [0.15, 0.2) is 53.2 Å². The van der Waals surface area contributed by atoms with Crippen molar-refractivity contribution in [1.82, 2.24) is 15.1 Å². The lowest BCUT2D eigenvalue weighted by Crippen LogP contribution is -2.12. The molecule has 0 aliphatic heterocycles. The molecule has 0 spiro atoms. The summed E-state index contributed by atoms with van der Waals surface area (Å²) in [5, 5.41) is 3.29. The molecule has 0 amide bonds. The normalized spacial score (nSPS) is 12.2. The molecule has 142 valence electrons. The van der Waals surface area contributed by atoms with Gasteiger partial charge in [-0.3, -0.25) is 4.98 Å². The summed E-state index contributed by atoms with van der Waals surface area (Å²) < 4.78 is 47.2. The lowest BCUT2D eigenvalue weighted by atomic mass is 10.1. The molecule has 6 nitrogen and oxygen atoms in total. The molecule has 0 radical (unpaired) electrons. The minimum atomic E-state index is -4.73. The van der Waals surface area contributed by atoms with E-state index in [1.807, 2.05) is 0 Å². The summed E-state index contributed by atoms with van der Waals surface area (Å²) in [6, 6.07) is 10.7. The Morgan fingerprint density at radius 1 is 1.21 bits per heavy atom. The third-order valence-electron chi connectivity index (χ3n) is 3.62. The maximum absolute atomic E-state index is 12.5. The first-order valence-electron chi connectivity index (χ1n) is 7.95. The number of carbonyl (C=O) groups is 1. The van der Waals surface area contributed by atoms with Crippen LogP contribution in [0.3, 0.4) is 0 Å². The first-order valence-corrected chi connectivity index (χ1v) is 7.95. The first-order chi connectivity index (χ1) is 13.4. The molecular formula is C19H12F3N3O3. The van der Waals surface area contributed by atoms with Gasteiger partial charge in [0.05, 0.1) is 17.7 Å². The molecule has 2 aromatic heterocycles. The largest absolute Gasteiger partial charge is 0.471 e. The van der Waals surface area contributed by atoms with Crippen molar-refractivity contribution in [2.24, 2.45) is 0 Å². The van der Waals surface area contributed by atoms with Crippen LogP contribution in [-0.4, -0.2) is 21.1 Å². The van der Waals surface area contributed by atoms with Crippen molar-refractivity contribution in [2.75, 3.05) is 0 Å². The molecule has 9 heteroatoms. The second-order valence-electron chi connectivity index (χ2n) is 5.56. The number of hydrogen-bond acceptors (Lipinski definition) is 6. The van der Waals surface area contributed by atoms with Crippen LogP contribution in [0.25, 0.3) is 11.4 Å². The summed E-state index contributed by atoms with van der Waals surface area (Å²) in [5.41, 5.74) is 0.943. The monoisotopic (exact) mass is 387 g/mol. The van der Waals surface area contributed by atoms with Crippen molar-refractivity contribution in [3.05, 3.63) is 65.8 Å². The van der Waals surface area contributed by atoms with Crippen LogP contribution in [-0.2, 0) is 10.9 Å². The van der Waals surface area contributed by atoms with E-state index in [-0.39, 0.29) is 23.4 Å². The Morgan fingerprint density at radius 2 is 1.96 bits per heavy atom. The molecule has 0 N–H and O–H groups in total. The minimum absolute atomic E-state index is 0.143. The number of alkyl halides is 3. The molecule has 0 unspecified atom stereocenters. The Labute approximate surface area is 157 Å². The molecule has 0 saturated carbocycles. The van der Waals surface area contributed by atoms with E-state index in [2.05, 4.69) is 25.6 Å². The van der Waals surface area contributed by atoms with E-state index in [0.717, 1.165) is 0 Å². The minimum Gasteiger partial charge on any atom is -0.451 e. The lowest BCUT2D eigenvalue weighted by molar-refractivity contribution is -0.159. The van der Waals surface area contributed by atoms with E-state index in [1.54, 1.807) is 24.4 Å². The van der Waals surface area contributed by atoms with E-state index in [9.17, 15) is 18.0 Å². The third kappa shape index (κ3) is 4.35. The summed E-state index contributed by atoms with van der Waals surface area (Å²) in [7, 11) is 0. The standard InChI is InChI=1S/C19H12F3N3O3/c1-2-5-15(14-6-3-4-11-23-14)27-17(26)13-9-7-12(8-10-13)16-24-18(28-25-16)19(20,21)22/h1,3-4,6-11,15H,5H2/t15-/m0/s1. The predicted octanol–water partition coefficient (Wildman–Crippen LogP) is 4.07. The van der Waals surface area contributed by atoms with Gasteiger partial charge in [-0.15, -0.1) is 12.3 Å². The topological polar surface area (TPSA) is 78.1 Å². The van der Waals surface area contributed by atoms with Gasteiger partial charge in [-0.05, 0) is 24.3 Å². The van der Waals surface area contributed by atoms with E-state index >= 15 is 0 Å². The number of pyridine rings is 1. The fraction of sp³-hybridized carbons (Fsp3) is 0.158. The van der Waals surface area contributed by atoms with Crippen molar-refractivity contribution >= 4 is 5.97 Å². The van der Waals surface area contributed by atoms with Gasteiger partial charge in [0.25, 0.3) is 0 Å². The van der Waals surface area contributed by atoms with Crippen molar-refractivity contribution < 1.29 is 27.2 Å². The van der Waals surface area contributed by atoms with E-state index in [4.69, 9.17) is 11.2 Å². The van der Waals surface area contributed by atoms with Crippen LogP contribution >= 0.6 is 0 Å². The van der Waals surface area contributed by atoms with Gasteiger partial charge in [-0.2, -0.15) is 18.2 Å². The van der Waals surface area contributed by atoms with E-state index in [1.165, 1.54) is 24.3 Å². The Morgan fingerprint density at radius 3 is 2.54 bits per heavy atom. The maximum atomic E-state index is 12.5. The van der Waals surface area contributed by atoms with Crippen molar-refractivity contribution in [3.8, 4) is 23.7 Å². The van der Waals surface area contributed by atoms with Gasteiger partial charge >= 0.3 is 18.0 Å². The Balaban J connectivity index is 1.74. The summed E-state index contributed by atoms with van der Waals surface area (Å²) in [6.07, 6.45) is 1.58. The number of esters is 1. The molecule has 0 aliphatic carbocycles. The van der Waals surface area contributed by atoms with Crippen LogP contribution in [0.2, 0.25) is 0 Å². The molecule has 3 rings (SSSR count). The molecule has 0 bridgehead atoms. The molecule has 0 saturated heterocycles. The zero-order chi connectivity index (χ0) is 20.1. The van der Waals surface area contributed by atoms with E-state index in [0.29, 0.717) is 5.69 Å². The number of aromatic nitrogens is 3. The second kappa shape index (κ2) is 7.92. The Bertz CT molecular complexity index is 993. The lowest BCUT2D eigenvalue weighted by Gasteiger charge is -2.15. The molecule has 0 fully saturated rings. The average molecular weight is 387 g/mol. The van der Waals surface area contributed by atoms with Gasteiger partial charge in [0.15, 0.2) is 6.10 Å². The number of nitrogens with zero attached hydrogens (tertiary/aromatic N) is 3. The third-order valence-corrected chi connectivity index (χ3v) is 3.62. The van der Waals surface area contributed by atoms with Crippen LogP contribution < -0.4 is 0 Å². The van der Waals surface area contributed by atoms with Gasteiger partial charge in [0, 0.05) is 11.8 Å². The number of rotatable bonds is 5. The Kier molecular flexibility index (Phi) is 5.40. The number of ether oxygens (including phenoxy) is 1. The summed E-state index contributed by atoms with van der Waals surface area (Å²) in [5.74, 6) is 0.0904. The summed E-state index contributed by atoms with van der Waals surface area (Å²) in [4.78, 5) is 19.8. The maximum Gasteiger partial charge on any atom is 0.471 e. The van der Waals surface area contributed by atoms with Gasteiger partial charge in [-0.25, -0.2) is 4.79 Å². The van der Waals surface area contributed by atoms with E-state index < -0.39 is 24.1 Å². The molecule has 3 aromatic rings. The molecule has 28 heavy (non-hydrogen) atoms. The first kappa shape index (κ1) is 19.1. The highest BCUT2D eigenvalue weighted by atomic mass is 19.4. The highest BCUT2D eigenvalue weighted by Crippen LogP contribution is 2.29. The highest BCUT2D eigenvalue weighted by molar-refractivity contribution is 5.90. The number of terminal acetylenes is 1. The number of carbonyl (C=O) groups excluding carboxylic acids is 1. The molecule has 1 aromatic carbocycles. The number of halogens is 3. The van der Waals surface area contributed by atoms with Crippen LogP contribution in [0, 0.1) is 12.3 Å². The van der Waals surface area contributed by atoms with Crippen molar-refractivity contribution in [1.29, 1.82) is 0 Å². The molecule has 1 atom stereocenters. The van der Waals surface area contributed by atoms with Crippen LogP contribution in [0.5, 0.6) is 0 Å². The average Bonchev–Trinajstić information content (AvgIpc) is 3.19.